The molecule has 4 heteroatoms. The topological polar surface area (TPSA) is 46.5 Å². The van der Waals surface area contributed by atoms with Crippen molar-refractivity contribution in [2.24, 2.45) is 0 Å². The second-order valence-corrected chi connectivity index (χ2v) is 12.7. The molecule has 0 unspecified atom stereocenters. The van der Waals surface area contributed by atoms with Crippen molar-refractivity contribution in [3.63, 3.8) is 0 Å². The van der Waals surface area contributed by atoms with E-state index in [4.69, 9.17) is 9.53 Å². The van der Waals surface area contributed by atoms with E-state index in [1.54, 1.807) is 0 Å². The maximum Gasteiger partial charge on any atom is 0.303 e. The molecule has 0 saturated heterocycles. The molecule has 0 saturated carbocycles. The normalized spacial score (nSPS) is 12.6. The zero-order valence-corrected chi connectivity index (χ0v) is 16.5. The highest BCUT2D eigenvalue weighted by Gasteiger charge is 2.36. The summed E-state index contributed by atoms with van der Waals surface area (Å²) in [6, 6.07) is 0. The third-order valence-corrected chi connectivity index (χ3v) is 9.34. The number of aliphatic carboxylic acids is 1. The van der Waals surface area contributed by atoms with E-state index in [2.05, 4.69) is 33.9 Å². The summed E-state index contributed by atoms with van der Waals surface area (Å²) in [5.74, 6) is -0.667. The van der Waals surface area contributed by atoms with Gasteiger partial charge >= 0.3 is 5.97 Å². The number of carbonyl (C=O) groups is 1. The molecule has 0 heterocycles. The summed E-state index contributed by atoms with van der Waals surface area (Å²) in [5, 5.41) is 8.86. The van der Waals surface area contributed by atoms with Crippen LogP contribution in [0.15, 0.2) is 0 Å². The highest BCUT2D eigenvalue weighted by atomic mass is 28.4. The summed E-state index contributed by atoms with van der Waals surface area (Å²) in [4.78, 5) is 10.4. The average Bonchev–Trinajstić information content (AvgIpc) is 2.38. The van der Waals surface area contributed by atoms with Crippen molar-refractivity contribution < 1.29 is 14.3 Å². The minimum Gasteiger partial charge on any atom is -0.481 e. The summed E-state index contributed by atoms with van der Waals surface area (Å²) in [5.41, 5.74) is 0. The van der Waals surface area contributed by atoms with Crippen LogP contribution in [0.3, 0.4) is 0 Å². The van der Waals surface area contributed by atoms with Crippen LogP contribution in [0.1, 0.15) is 85.0 Å². The molecule has 0 rings (SSSR count). The van der Waals surface area contributed by atoms with E-state index >= 15 is 0 Å². The van der Waals surface area contributed by atoms with Gasteiger partial charge in [-0.15, -0.1) is 0 Å². The minimum absolute atomic E-state index is 0.313. The van der Waals surface area contributed by atoms with Gasteiger partial charge < -0.3 is 9.53 Å². The molecule has 3 nitrogen and oxygen atoms in total. The predicted octanol–water partition coefficient (Wildman–Crippen LogP) is 5.99. The summed E-state index contributed by atoms with van der Waals surface area (Å²) >= 11 is 0. The van der Waals surface area contributed by atoms with Crippen molar-refractivity contribution in [1.29, 1.82) is 0 Å². The van der Waals surface area contributed by atoms with Crippen molar-refractivity contribution in [3.05, 3.63) is 0 Å². The zero-order valence-electron chi connectivity index (χ0n) is 15.5. The molecule has 0 atom stereocenters. The van der Waals surface area contributed by atoms with Crippen molar-refractivity contribution >= 4 is 14.3 Å². The van der Waals surface area contributed by atoms with Crippen LogP contribution in [0, 0.1) is 0 Å². The Morgan fingerprint density at radius 3 is 1.68 bits per heavy atom. The van der Waals surface area contributed by atoms with Gasteiger partial charge in [0.2, 0.25) is 0 Å². The fourth-order valence-corrected chi connectivity index (χ4v) is 3.25. The highest BCUT2D eigenvalue weighted by Crippen LogP contribution is 2.36. The van der Waals surface area contributed by atoms with Crippen molar-refractivity contribution in [2.75, 3.05) is 6.61 Å². The van der Waals surface area contributed by atoms with Crippen LogP contribution in [0.4, 0.5) is 0 Å². The molecule has 0 aliphatic heterocycles. The fraction of sp³-hybridized carbons (Fsp3) is 0.944. The smallest absolute Gasteiger partial charge is 0.303 e. The molecule has 0 spiro atoms. The highest BCUT2D eigenvalue weighted by molar-refractivity contribution is 6.74. The van der Waals surface area contributed by atoms with Crippen molar-refractivity contribution in [3.8, 4) is 0 Å². The molecule has 0 fully saturated rings. The molecule has 0 aliphatic carbocycles. The number of unbranched alkanes of at least 4 members (excludes halogenated alkanes) is 8. The van der Waals surface area contributed by atoms with Gasteiger partial charge in [-0.25, -0.2) is 0 Å². The van der Waals surface area contributed by atoms with Gasteiger partial charge in [0.25, 0.3) is 0 Å². The van der Waals surface area contributed by atoms with Gasteiger partial charge in [-0.1, -0.05) is 65.7 Å². The molecule has 0 aromatic carbocycles. The Balaban J connectivity index is 3.33. The second kappa shape index (κ2) is 11.2. The molecule has 0 aromatic rings. The monoisotopic (exact) mass is 330 g/mol. The molecule has 0 radical (unpaired) electrons. The Morgan fingerprint density at radius 1 is 0.864 bits per heavy atom. The number of hydrogen-bond donors (Lipinski definition) is 1. The molecular weight excluding hydrogens is 292 g/mol. The number of carboxylic acids is 1. The molecule has 1 N–H and O–H groups in total. The first-order chi connectivity index (χ1) is 10.2. The molecular formula is C18H38O3Si. The van der Waals surface area contributed by atoms with Crippen molar-refractivity contribution in [2.45, 2.75) is 103 Å². The fourth-order valence-electron chi connectivity index (χ4n) is 2.16. The first-order valence-electron chi connectivity index (χ1n) is 9.02. The SMILES string of the molecule is CC(C)(C)[Si](C)(C)OCCCCCCCCCCCC(=O)O. The Morgan fingerprint density at radius 2 is 1.27 bits per heavy atom. The number of rotatable bonds is 13. The van der Waals surface area contributed by atoms with Gasteiger partial charge in [-0.2, -0.15) is 0 Å². The lowest BCUT2D eigenvalue weighted by atomic mass is 10.1. The predicted molar refractivity (Wildman–Crippen MR) is 97.0 cm³/mol. The standard InChI is InChI=1S/C18H38O3Si/c1-18(2,3)22(4,5)21-16-14-12-10-8-6-7-9-11-13-15-17(19)20/h6-16H2,1-5H3,(H,19,20). The third kappa shape index (κ3) is 11.2. The first kappa shape index (κ1) is 21.6. The van der Waals surface area contributed by atoms with Gasteiger partial charge in [0.15, 0.2) is 8.32 Å². The minimum atomic E-state index is -1.55. The quantitative estimate of drug-likeness (QED) is 0.333. The van der Waals surface area contributed by atoms with Crippen LogP contribution in [0.25, 0.3) is 0 Å². The zero-order chi connectivity index (χ0) is 17.1. The van der Waals surface area contributed by atoms with E-state index in [0.717, 1.165) is 19.4 Å². The van der Waals surface area contributed by atoms with E-state index < -0.39 is 14.3 Å². The van der Waals surface area contributed by atoms with Crippen LogP contribution in [0.2, 0.25) is 18.1 Å². The lowest BCUT2D eigenvalue weighted by Gasteiger charge is -2.36. The molecule has 0 amide bonds. The lowest BCUT2D eigenvalue weighted by molar-refractivity contribution is -0.137. The average molecular weight is 331 g/mol. The summed E-state index contributed by atoms with van der Waals surface area (Å²) < 4.78 is 6.18. The number of hydrogen-bond acceptors (Lipinski definition) is 2. The van der Waals surface area contributed by atoms with Gasteiger partial charge in [-0.05, 0) is 31.0 Å². The largest absolute Gasteiger partial charge is 0.481 e. The Bertz CT molecular complexity index is 295. The molecule has 0 bridgehead atoms. The van der Waals surface area contributed by atoms with Gasteiger partial charge in [-0.3, -0.25) is 4.79 Å². The van der Waals surface area contributed by atoms with E-state index in [1.165, 1.54) is 44.9 Å². The van der Waals surface area contributed by atoms with Crippen LogP contribution in [-0.4, -0.2) is 26.0 Å². The van der Waals surface area contributed by atoms with Crippen LogP contribution in [-0.2, 0) is 9.22 Å². The van der Waals surface area contributed by atoms with Gasteiger partial charge in [0.1, 0.15) is 0 Å². The molecule has 0 aromatic heterocycles. The van der Waals surface area contributed by atoms with Crippen LogP contribution >= 0.6 is 0 Å². The lowest BCUT2D eigenvalue weighted by Crippen LogP contribution is -2.40. The number of carboxylic acid groups (broad SMARTS) is 1. The Hall–Kier alpha value is -0.353. The summed E-state index contributed by atoms with van der Waals surface area (Å²) in [7, 11) is -1.55. The summed E-state index contributed by atoms with van der Waals surface area (Å²) in [6.07, 6.45) is 11.0. The molecule has 0 aliphatic rings. The maximum atomic E-state index is 10.4. The van der Waals surface area contributed by atoms with E-state index in [0.29, 0.717) is 11.5 Å². The Labute approximate surface area is 139 Å². The van der Waals surface area contributed by atoms with Crippen LogP contribution in [0.5, 0.6) is 0 Å². The van der Waals surface area contributed by atoms with E-state index in [-0.39, 0.29) is 0 Å². The van der Waals surface area contributed by atoms with Crippen LogP contribution < -0.4 is 0 Å². The van der Waals surface area contributed by atoms with E-state index in [1.807, 2.05) is 0 Å². The molecule has 132 valence electrons. The second-order valence-electron chi connectivity index (χ2n) is 7.93. The molecule has 22 heavy (non-hydrogen) atoms. The van der Waals surface area contributed by atoms with Crippen molar-refractivity contribution in [1.82, 2.24) is 0 Å². The van der Waals surface area contributed by atoms with Gasteiger partial charge in [0.05, 0.1) is 0 Å². The maximum absolute atomic E-state index is 10.4. The third-order valence-electron chi connectivity index (χ3n) is 4.80. The van der Waals surface area contributed by atoms with E-state index in [9.17, 15) is 4.79 Å². The summed E-state index contributed by atoms with van der Waals surface area (Å²) in [6.45, 7) is 12.4. The first-order valence-corrected chi connectivity index (χ1v) is 11.9. The van der Waals surface area contributed by atoms with Gasteiger partial charge in [0, 0.05) is 13.0 Å². The Kier molecular flexibility index (Phi) is 11.0.